The second-order valence-corrected chi connectivity index (χ2v) is 6.53. The quantitative estimate of drug-likeness (QED) is 0.382. The van der Waals surface area contributed by atoms with E-state index < -0.39 is 5.91 Å². The molecule has 1 amide bonds. The molecule has 0 bridgehead atoms. The Morgan fingerprint density at radius 2 is 1.96 bits per heavy atom. The van der Waals surface area contributed by atoms with Crippen molar-refractivity contribution in [2.24, 2.45) is 10.7 Å². The van der Waals surface area contributed by atoms with Gasteiger partial charge >= 0.3 is 0 Å². The molecule has 3 N–H and O–H groups in total. The molecular weight excluding hydrogens is 463 g/mol. The number of aliphatic imine (C=N–C) groups is 1. The van der Waals surface area contributed by atoms with Crippen molar-refractivity contribution in [1.29, 1.82) is 0 Å². The average Bonchev–Trinajstić information content (AvgIpc) is 2.72. The molecule has 28 heavy (non-hydrogen) atoms. The minimum Gasteiger partial charge on any atom is -0.366 e. The Morgan fingerprint density at radius 3 is 2.61 bits per heavy atom. The minimum atomic E-state index is -0.414. The van der Waals surface area contributed by atoms with Crippen LogP contribution in [0.4, 0.5) is 0 Å². The monoisotopic (exact) mass is 490 g/mol. The number of nitrogens with one attached hydrogen (secondary N) is 1. The molecule has 2 aromatic carbocycles. The molecule has 0 saturated heterocycles. The van der Waals surface area contributed by atoms with Gasteiger partial charge in [-0.25, -0.2) is 4.99 Å². The molecule has 1 aliphatic rings. The first-order valence-electron chi connectivity index (χ1n) is 9.34. The van der Waals surface area contributed by atoms with Gasteiger partial charge in [-0.3, -0.25) is 4.79 Å². The molecule has 0 unspecified atom stereocenters. The topological polar surface area (TPSA) is 70.7 Å². The lowest BCUT2D eigenvalue weighted by Crippen LogP contribution is -2.43. The summed E-state index contributed by atoms with van der Waals surface area (Å²) in [6, 6.07) is 17.8. The van der Waals surface area contributed by atoms with E-state index in [1.807, 2.05) is 18.2 Å². The average molecular weight is 490 g/mol. The van der Waals surface area contributed by atoms with Crippen molar-refractivity contribution >= 4 is 41.4 Å². The summed E-state index contributed by atoms with van der Waals surface area (Å²) in [6.45, 7) is 5.14. The number of rotatable bonds is 5. The molecule has 0 aromatic heterocycles. The zero-order valence-electron chi connectivity index (χ0n) is 16.1. The third kappa shape index (κ3) is 5.82. The highest BCUT2D eigenvalue weighted by molar-refractivity contribution is 14.0. The van der Waals surface area contributed by atoms with Crippen LogP contribution in [0.2, 0.25) is 0 Å². The van der Waals surface area contributed by atoms with Crippen LogP contribution in [-0.4, -0.2) is 36.4 Å². The molecule has 0 spiro atoms. The van der Waals surface area contributed by atoms with Crippen LogP contribution in [0.15, 0.2) is 65.7 Å². The van der Waals surface area contributed by atoms with Gasteiger partial charge in [-0.15, -0.1) is 24.0 Å². The number of benzene rings is 2. The van der Waals surface area contributed by atoms with E-state index in [1.165, 1.54) is 11.1 Å². The van der Waals surface area contributed by atoms with Gasteiger partial charge in [0.05, 0.1) is 6.54 Å². The summed E-state index contributed by atoms with van der Waals surface area (Å²) >= 11 is 0. The molecule has 3 rings (SSSR count). The van der Waals surface area contributed by atoms with Crippen LogP contribution >= 0.6 is 24.0 Å². The Bertz CT molecular complexity index is 849. The van der Waals surface area contributed by atoms with Gasteiger partial charge in [-0.05, 0) is 42.2 Å². The predicted molar refractivity (Wildman–Crippen MR) is 126 cm³/mol. The summed E-state index contributed by atoms with van der Waals surface area (Å²) in [4.78, 5) is 18.4. The zero-order chi connectivity index (χ0) is 19.1. The van der Waals surface area contributed by atoms with E-state index in [2.05, 4.69) is 47.5 Å². The molecule has 6 heteroatoms. The molecule has 2 aromatic rings. The molecule has 1 heterocycles. The number of carbonyl (C=O) groups excluding carboxylic acids is 1. The highest BCUT2D eigenvalue weighted by Gasteiger charge is 2.16. The van der Waals surface area contributed by atoms with Crippen LogP contribution in [0, 0.1) is 0 Å². The third-order valence-electron chi connectivity index (χ3n) is 4.61. The van der Waals surface area contributed by atoms with E-state index in [0.717, 1.165) is 37.6 Å². The van der Waals surface area contributed by atoms with Crippen molar-refractivity contribution in [2.45, 2.75) is 19.9 Å². The fourth-order valence-corrected chi connectivity index (χ4v) is 3.19. The van der Waals surface area contributed by atoms with E-state index in [1.54, 1.807) is 12.1 Å². The zero-order valence-corrected chi connectivity index (χ0v) is 18.4. The number of nitrogens with zero attached hydrogens (tertiary/aromatic N) is 2. The number of carbonyl (C=O) groups is 1. The molecule has 0 saturated carbocycles. The smallest absolute Gasteiger partial charge is 0.248 e. The van der Waals surface area contributed by atoms with Crippen LogP contribution in [0.25, 0.3) is 5.57 Å². The number of guanidine groups is 1. The van der Waals surface area contributed by atoms with Crippen LogP contribution in [-0.2, 0) is 6.54 Å². The van der Waals surface area contributed by atoms with Crippen molar-refractivity contribution in [2.75, 3.05) is 19.6 Å². The normalized spacial score (nSPS) is 14.1. The van der Waals surface area contributed by atoms with Gasteiger partial charge in [0, 0.05) is 25.2 Å². The SMILES string of the molecule is CCNC(=NCc1cccc(C(N)=O)c1)N1CC=C(c2ccccc2)CC1.I. The summed E-state index contributed by atoms with van der Waals surface area (Å²) in [5.74, 6) is 0.479. The molecule has 0 aliphatic carbocycles. The van der Waals surface area contributed by atoms with Gasteiger partial charge in [0.2, 0.25) is 5.91 Å². The second kappa shape index (κ2) is 10.8. The first-order chi connectivity index (χ1) is 13.2. The van der Waals surface area contributed by atoms with Gasteiger partial charge in [0.25, 0.3) is 0 Å². The molecule has 0 fully saturated rings. The van der Waals surface area contributed by atoms with Gasteiger partial charge in [-0.2, -0.15) is 0 Å². The van der Waals surface area contributed by atoms with Crippen LogP contribution in [0.3, 0.4) is 0 Å². The van der Waals surface area contributed by atoms with Crippen LogP contribution in [0.5, 0.6) is 0 Å². The van der Waals surface area contributed by atoms with E-state index >= 15 is 0 Å². The summed E-state index contributed by atoms with van der Waals surface area (Å²) in [5, 5.41) is 3.37. The predicted octanol–water partition coefficient (Wildman–Crippen LogP) is 3.66. The Kier molecular flexibility index (Phi) is 8.50. The lowest BCUT2D eigenvalue weighted by atomic mass is 10.00. The largest absolute Gasteiger partial charge is 0.366 e. The Morgan fingerprint density at radius 1 is 1.18 bits per heavy atom. The summed E-state index contributed by atoms with van der Waals surface area (Å²) in [5.41, 5.74) is 9.53. The van der Waals surface area contributed by atoms with Crippen molar-refractivity contribution in [3.8, 4) is 0 Å². The minimum absolute atomic E-state index is 0. The van der Waals surface area contributed by atoms with Gasteiger partial charge in [0.15, 0.2) is 5.96 Å². The Hall–Kier alpha value is -2.35. The number of nitrogens with two attached hydrogens (primary N) is 1. The van der Waals surface area contributed by atoms with E-state index in [4.69, 9.17) is 10.7 Å². The molecule has 148 valence electrons. The third-order valence-corrected chi connectivity index (χ3v) is 4.61. The van der Waals surface area contributed by atoms with Gasteiger partial charge in [0.1, 0.15) is 0 Å². The molecule has 5 nitrogen and oxygen atoms in total. The van der Waals surface area contributed by atoms with E-state index in [-0.39, 0.29) is 24.0 Å². The number of hydrogen-bond acceptors (Lipinski definition) is 2. The standard InChI is InChI=1S/C22H26N4O.HI/c1-2-24-22(25-16-17-7-6-10-20(15-17)21(23)27)26-13-11-19(12-14-26)18-8-4-3-5-9-18;/h3-11,15H,2,12-14,16H2,1H3,(H2,23,27)(H,24,25);1H. The summed E-state index contributed by atoms with van der Waals surface area (Å²) in [7, 11) is 0. The lowest BCUT2D eigenvalue weighted by Gasteiger charge is -2.30. The number of amides is 1. The molecule has 0 radical (unpaired) electrons. The Balaban J connectivity index is 0.00000280. The summed E-state index contributed by atoms with van der Waals surface area (Å²) in [6.07, 6.45) is 3.27. The first kappa shape index (κ1) is 21.9. The van der Waals surface area contributed by atoms with Crippen molar-refractivity contribution in [1.82, 2.24) is 10.2 Å². The number of halogens is 1. The maximum absolute atomic E-state index is 11.3. The maximum atomic E-state index is 11.3. The Labute approximate surface area is 183 Å². The van der Waals surface area contributed by atoms with Gasteiger partial charge in [-0.1, -0.05) is 48.5 Å². The molecule has 0 atom stereocenters. The summed E-state index contributed by atoms with van der Waals surface area (Å²) < 4.78 is 0. The van der Waals surface area contributed by atoms with E-state index in [0.29, 0.717) is 12.1 Å². The van der Waals surface area contributed by atoms with Crippen LogP contribution in [0.1, 0.15) is 34.8 Å². The molecule has 1 aliphatic heterocycles. The fraction of sp³-hybridized carbons (Fsp3) is 0.273. The lowest BCUT2D eigenvalue weighted by molar-refractivity contribution is 0.1000. The highest BCUT2D eigenvalue weighted by atomic mass is 127. The van der Waals surface area contributed by atoms with Crippen molar-refractivity contribution in [3.63, 3.8) is 0 Å². The fourth-order valence-electron chi connectivity index (χ4n) is 3.19. The molecular formula is C22H27IN4O. The maximum Gasteiger partial charge on any atom is 0.248 e. The van der Waals surface area contributed by atoms with Crippen LogP contribution < -0.4 is 11.1 Å². The second-order valence-electron chi connectivity index (χ2n) is 6.53. The number of hydrogen-bond donors (Lipinski definition) is 2. The van der Waals surface area contributed by atoms with Crippen molar-refractivity contribution < 1.29 is 4.79 Å². The van der Waals surface area contributed by atoms with Gasteiger partial charge < -0.3 is 16.0 Å². The number of primary amides is 1. The first-order valence-corrected chi connectivity index (χ1v) is 9.34. The highest BCUT2D eigenvalue weighted by Crippen LogP contribution is 2.22. The van der Waals surface area contributed by atoms with E-state index in [9.17, 15) is 4.79 Å². The van der Waals surface area contributed by atoms with Crippen molar-refractivity contribution in [3.05, 3.63) is 77.4 Å².